The van der Waals surface area contributed by atoms with Gasteiger partial charge >= 0.3 is 0 Å². The van der Waals surface area contributed by atoms with Gasteiger partial charge in [-0.1, -0.05) is 17.7 Å². The molecule has 2 rings (SSSR count). The molecule has 0 radical (unpaired) electrons. The van der Waals surface area contributed by atoms with Crippen LogP contribution >= 0.6 is 27.5 Å². The lowest BCUT2D eigenvalue weighted by atomic mass is 10.2. The lowest BCUT2D eigenvalue weighted by molar-refractivity contribution is 0.303. The summed E-state index contributed by atoms with van der Waals surface area (Å²) in [4.78, 5) is 4.17. The predicted octanol–water partition coefficient (Wildman–Crippen LogP) is 4.26. The molecule has 0 saturated carbocycles. The molecular formula is C13H11BrClFN2O. The van der Waals surface area contributed by atoms with Gasteiger partial charge in [-0.15, -0.1) is 0 Å². The Morgan fingerprint density at radius 2 is 2.26 bits per heavy atom. The Morgan fingerprint density at radius 1 is 1.47 bits per heavy atom. The number of benzene rings is 1. The highest BCUT2D eigenvalue weighted by atomic mass is 79.9. The van der Waals surface area contributed by atoms with Crippen LogP contribution in [0.1, 0.15) is 5.56 Å². The zero-order valence-corrected chi connectivity index (χ0v) is 12.4. The molecule has 0 unspecified atom stereocenters. The molecule has 3 nitrogen and oxygen atoms in total. The van der Waals surface area contributed by atoms with Crippen molar-refractivity contribution in [3.05, 3.63) is 51.3 Å². The fourth-order valence-corrected chi connectivity index (χ4v) is 2.30. The van der Waals surface area contributed by atoms with Crippen molar-refractivity contribution in [3.63, 3.8) is 0 Å². The maximum Gasteiger partial charge on any atom is 0.145 e. The summed E-state index contributed by atoms with van der Waals surface area (Å²) < 4.78 is 19.6. The smallest absolute Gasteiger partial charge is 0.145 e. The first-order valence-corrected chi connectivity index (χ1v) is 6.68. The van der Waals surface area contributed by atoms with Gasteiger partial charge in [-0.2, -0.15) is 0 Å². The lowest BCUT2D eigenvalue weighted by Crippen LogP contribution is -2.02. The molecule has 19 heavy (non-hydrogen) atoms. The van der Waals surface area contributed by atoms with Gasteiger partial charge in [0.25, 0.3) is 0 Å². The number of aromatic nitrogens is 1. The standard InChI is InChI=1S/C13H11BrClFN2O/c1-17-13-8(3-2-4-18-13)7-19-12-6-11(16)10(15)5-9(12)14/h2-6H,7H2,1H3,(H,17,18). The Labute approximate surface area is 123 Å². The molecule has 1 aromatic heterocycles. The van der Waals surface area contributed by atoms with Crippen LogP contribution in [-0.4, -0.2) is 12.0 Å². The van der Waals surface area contributed by atoms with Gasteiger partial charge in [0.1, 0.15) is 24.0 Å². The minimum atomic E-state index is -0.514. The Bertz CT molecular complexity index is 595. The quantitative estimate of drug-likeness (QED) is 0.841. The highest BCUT2D eigenvalue weighted by Gasteiger charge is 2.09. The van der Waals surface area contributed by atoms with Crippen molar-refractivity contribution in [3.8, 4) is 5.75 Å². The van der Waals surface area contributed by atoms with Crippen LogP contribution in [0.4, 0.5) is 10.2 Å². The summed E-state index contributed by atoms with van der Waals surface area (Å²) in [5, 5.41) is 3.02. The van der Waals surface area contributed by atoms with Crippen molar-refractivity contribution in [1.82, 2.24) is 4.98 Å². The first-order valence-electron chi connectivity index (χ1n) is 5.51. The number of anilines is 1. The number of hydrogen-bond acceptors (Lipinski definition) is 3. The van der Waals surface area contributed by atoms with Gasteiger partial charge in [-0.05, 0) is 28.1 Å². The van der Waals surface area contributed by atoms with Crippen molar-refractivity contribution in [1.29, 1.82) is 0 Å². The first kappa shape index (κ1) is 14.1. The molecule has 0 atom stereocenters. The summed E-state index contributed by atoms with van der Waals surface area (Å²) >= 11 is 8.95. The fourth-order valence-electron chi connectivity index (χ4n) is 1.55. The van der Waals surface area contributed by atoms with Gasteiger partial charge < -0.3 is 10.1 Å². The van der Waals surface area contributed by atoms with E-state index in [4.69, 9.17) is 16.3 Å². The van der Waals surface area contributed by atoms with Gasteiger partial charge in [0, 0.05) is 24.9 Å². The van der Waals surface area contributed by atoms with E-state index in [1.54, 1.807) is 13.2 Å². The molecule has 100 valence electrons. The van der Waals surface area contributed by atoms with Crippen LogP contribution in [0.25, 0.3) is 0 Å². The molecule has 1 heterocycles. The zero-order chi connectivity index (χ0) is 13.8. The molecule has 0 aliphatic rings. The van der Waals surface area contributed by atoms with E-state index in [0.29, 0.717) is 10.2 Å². The first-order chi connectivity index (χ1) is 9.11. The van der Waals surface area contributed by atoms with Gasteiger partial charge in [0.2, 0.25) is 0 Å². The van der Waals surface area contributed by atoms with Crippen LogP contribution in [0.15, 0.2) is 34.9 Å². The number of pyridine rings is 1. The summed E-state index contributed by atoms with van der Waals surface area (Å²) in [7, 11) is 1.78. The number of rotatable bonds is 4. The maximum absolute atomic E-state index is 13.4. The van der Waals surface area contributed by atoms with E-state index in [2.05, 4.69) is 26.2 Å². The van der Waals surface area contributed by atoms with Crippen molar-refractivity contribution in [2.45, 2.75) is 6.61 Å². The van der Waals surface area contributed by atoms with Crippen LogP contribution in [0.5, 0.6) is 5.75 Å². The van der Waals surface area contributed by atoms with Crippen molar-refractivity contribution >= 4 is 33.3 Å². The summed E-state index contributed by atoms with van der Waals surface area (Å²) in [5.74, 6) is 0.612. The maximum atomic E-state index is 13.4. The molecule has 2 aromatic rings. The van der Waals surface area contributed by atoms with Crippen LogP contribution in [-0.2, 0) is 6.61 Å². The Hall–Kier alpha value is -1.33. The van der Waals surface area contributed by atoms with E-state index < -0.39 is 5.82 Å². The zero-order valence-electron chi connectivity index (χ0n) is 10.1. The van der Waals surface area contributed by atoms with Gasteiger partial charge in [-0.3, -0.25) is 0 Å². The Balaban J connectivity index is 2.17. The number of nitrogens with one attached hydrogen (secondary N) is 1. The van der Waals surface area contributed by atoms with E-state index in [1.165, 1.54) is 12.1 Å². The number of halogens is 3. The SMILES string of the molecule is CNc1ncccc1COc1cc(F)c(Cl)cc1Br. The summed E-state index contributed by atoms with van der Waals surface area (Å²) in [6, 6.07) is 6.42. The largest absolute Gasteiger partial charge is 0.487 e. The monoisotopic (exact) mass is 344 g/mol. The number of ether oxygens (including phenoxy) is 1. The second-order valence-corrected chi connectivity index (χ2v) is 5.01. The van der Waals surface area contributed by atoms with Crippen LogP contribution in [0.2, 0.25) is 5.02 Å². The van der Waals surface area contributed by atoms with E-state index >= 15 is 0 Å². The van der Waals surface area contributed by atoms with E-state index in [-0.39, 0.29) is 11.6 Å². The van der Waals surface area contributed by atoms with Crippen LogP contribution < -0.4 is 10.1 Å². The topological polar surface area (TPSA) is 34.2 Å². The highest BCUT2D eigenvalue weighted by Crippen LogP contribution is 2.31. The van der Waals surface area contributed by atoms with Crippen LogP contribution in [0, 0.1) is 5.82 Å². The lowest BCUT2D eigenvalue weighted by Gasteiger charge is -2.11. The summed E-state index contributed by atoms with van der Waals surface area (Å²) in [6.45, 7) is 0.281. The van der Waals surface area contributed by atoms with Gasteiger partial charge in [0.05, 0.1) is 9.50 Å². The summed E-state index contributed by atoms with van der Waals surface area (Å²) in [5.41, 5.74) is 0.882. The molecule has 1 aromatic carbocycles. The molecule has 0 amide bonds. The third-order valence-corrected chi connectivity index (χ3v) is 3.40. The number of nitrogens with zero attached hydrogens (tertiary/aromatic N) is 1. The van der Waals surface area contributed by atoms with Gasteiger partial charge in [-0.25, -0.2) is 9.37 Å². The Morgan fingerprint density at radius 3 is 3.00 bits per heavy atom. The average Bonchev–Trinajstić information content (AvgIpc) is 2.41. The fraction of sp³-hybridized carbons (Fsp3) is 0.154. The van der Waals surface area contributed by atoms with Gasteiger partial charge in [0.15, 0.2) is 0 Å². The molecule has 0 saturated heterocycles. The van der Waals surface area contributed by atoms with E-state index in [9.17, 15) is 4.39 Å². The minimum Gasteiger partial charge on any atom is -0.487 e. The molecular weight excluding hydrogens is 335 g/mol. The molecule has 6 heteroatoms. The third kappa shape index (κ3) is 3.36. The third-order valence-electron chi connectivity index (χ3n) is 2.49. The Kier molecular flexibility index (Phi) is 4.61. The van der Waals surface area contributed by atoms with Crippen molar-refractivity contribution in [2.75, 3.05) is 12.4 Å². The van der Waals surface area contributed by atoms with Crippen LogP contribution in [0.3, 0.4) is 0 Å². The highest BCUT2D eigenvalue weighted by molar-refractivity contribution is 9.10. The predicted molar refractivity (Wildman–Crippen MR) is 77.2 cm³/mol. The molecule has 0 aliphatic heterocycles. The molecule has 1 N–H and O–H groups in total. The number of hydrogen-bond donors (Lipinski definition) is 1. The second-order valence-electron chi connectivity index (χ2n) is 3.75. The molecule has 0 aliphatic carbocycles. The van der Waals surface area contributed by atoms with E-state index in [1.807, 2.05) is 12.1 Å². The molecule has 0 bridgehead atoms. The minimum absolute atomic E-state index is 0.0523. The average molecular weight is 346 g/mol. The molecule has 0 fully saturated rings. The summed E-state index contributed by atoms with van der Waals surface area (Å²) in [6.07, 6.45) is 1.69. The second kappa shape index (κ2) is 6.21. The van der Waals surface area contributed by atoms with Crippen molar-refractivity contribution in [2.24, 2.45) is 0 Å². The van der Waals surface area contributed by atoms with Crippen molar-refractivity contribution < 1.29 is 9.13 Å². The normalized spacial score (nSPS) is 10.3. The van der Waals surface area contributed by atoms with E-state index in [0.717, 1.165) is 11.4 Å². The molecule has 0 spiro atoms.